The molecule has 0 spiro atoms. The molecule has 1 aromatic carbocycles. The molecule has 0 fully saturated rings. The van der Waals surface area contributed by atoms with Gasteiger partial charge in [0.05, 0.1) is 18.9 Å². The zero-order valence-corrected chi connectivity index (χ0v) is 7.48. The third-order valence-corrected chi connectivity index (χ3v) is 2.94. The van der Waals surface area contributed by atoms with E-state index in [1.54, 1.807) is 0 Å². The maximum atomic E-state index is 4.31. The van der Waals surface area contributed by atoms with E-state index in [4.69, 9.17) is 0 Å². The van der Waals surface area contributed by atoms with Gasteiger partial charge in [0.15, 0.2) is 0 Å². The number of hydrogen-bond acceptors (Lipinski definition) is 2. The molecule has 13 heavy (non-hydrogen) atoms. The summed E-state index contributed by atoms with van der Waals surface area (Å²) in [5.74, 6) is 0. The Morgan fingerprint density at radius 1 is 1.23 bits per heavy atom. The summed E-state index contributed by atoms with van der Waals surface area (Å²) in [5, 5.41) is 0. The van der Waals surface area contributed by atoms with Crippen LogP contribution < -0.4 is 0 Å². The molecule has 0 saturated heterocycles. The Kier molecular flexibility index (Phi) is 1.42. The van der Waals surface area contributed by atoms with Crippen molar-refractivity contribution in [3.63, 3.8) is 0 Å². The van der Waals surface area contributed by atoms with Crippen molar-refractivity contribution in [3.8, 4) is 0 Å². The molecule has 2 aliphatic heterocycles. The highest BCUT2D eigenvalue weighted by Crippen LogP contribution is 2.24. The average Bonchev–Trinajstić information content (AvgIpc) is 2.61. The summed E-state index contributed by atoms with van der Waals surface area (Å²) in [6.45, 7) is 2.03. The summed E-state index contributed by atoms with van der Waals surface area (Å²) in [7, 11) is 0. The Bertz CT molecular complexity index is 357. The van der Waals surface area contributed by atoms with Gasteiger partial charge in [-0.25, -0.2) is 0 Å². The first kappa shape index (κ1) is 7.13. The fraction of sp³-hybridized carbons (Fsp3) is 0.364. The summed E-state index contributed by atoms with van der Waals surface area (Å²) < 4.78 is 0. The quantitative estimate of drug-likeness (QED) is 0.578. The molecule has 0 bridgehead atoms. The molecule has 0 amide bonds. The Hall–Kier alpha value is -1.31. The zero-order chi connectivity index (χ0) is 8.67. The molecular weight excluding hydrogens is 160 g/mol. The van der Waals surface area contributed by atoms with Crippen LogP contribution in [0.5, 0.6) is 0 Å². The minimum Gasteiger partial charge on any atom is -0.353 e. The maximum Gasteiger partial charge on any atom is 0.0857 e. The number of aliphatic imine (C=N–C) groups is 1. The first-order valence-electron chi connectivity index (χ1n) is 4.76. The van der Waals surface area contributed by atoms with Gasteiger partial charge in [0.25, 0.3) is 0 Å². The van der Waals surface area contributed by atoms with Crippen LogP contribution in [0.1, 0.15) is 11.1 Å². The average molecular weight is 172 g/mol. The summed E-state index contributed by atoms with van der Waals surface area (Å²) in [6, 6.07) is 9.34. The molecule has 1 aromatic rings. The molecule has 0 saturated carbocycles. The molecule has 3 rings (SSSR count). The first-order chi connectivity index (χ1) is 6.43. The number of benzene rings is 1. The van der Waals surface area contributed by atoms with E-state index in [0.29, 0.717) is 6.04 Å². The van der Waals surface area contributed by atoms with Crippen LogP contribution in [0.2, 0.25) is 0 Å². The highest BCUT2D eigenvalue weighted by atomic mass is 15.2. The van der Waals surface area contributed by atoms with Crippen LogP contribution in [0.15, 0.2) is 29.3 Å². The number of rotatable bonds is 0. The van der Waals surface area contributed by atoms with E-state index < -0.39 is 0 Å². The van der Waals surface area contributed by atoms with E-state index in [0.717, 1.165) is 19.5 Å². The van der Waals surface area contributed by atoms with E-state index >= 15 is 0 Å². The molecule has 2 heteroatoms. The lowest BCUT2D eigenvalue weighted by molar-refractivity contribution is 0.320. The normalized spacial score (nSPS) is 24.3. The highest BCUT2D eigenvalue weighted by molar-refractivity contribution is 5.59. The van der Waals surface area contributed by atoms with Gasteiger partial charge in [0, 0.05) is 6.54 Å². The predicted octanol–water partition coefficient (Wildman–Crippen LogP) is 1.46. The second-order valence-electron chi connectivity index (χ2n) is 3.78. The van der Waals surface area contributed by atoms with E-state index in [9.17, 15) is 0 Å². The minimum atomic E-state index is 0.634. The van der Waals surface area contributed by atoms with E-state index in [1.807, 2.05) is 6.34 Å². The monoisotopic (exact) mass is 172 g/mol. The lowest BCUT2D eigenvalue weighted by Gasteiger charge is -2.30. The van der Waals surface area contributed by atoms with Crippen LogP contribution in [0.25, 0.3) is 0 Å². The van der Waals surface area contributed by atoms with Crippen molar-refractivity contribution in [1.82, 2.24) is 4.90 Å². The van der Waals surface area contributed by atoms with E-state index in [2.05, 4.69) is 34.2 Å². The van der Waals surface area contributed by atoms with Gasteiger partial charge in [-0.1, -0.05) is 24.3 Å². The van der Waals surface area contributed by atoms with Crippen LogP contribution in [0.3, 0.4) is 0 Å². The van der Waals surface area contributed by atoms with Crippen LogP contribution >= 0.6 is 0 Å². The molecule has 1 unspecified atom stereocenters. The number of hydrogen-bond donors (Lipinski definition) is 0. The highest BCUT2D eigenvalue weighted by Gasteiger charge is 2.26. The molecule has 1 atom stereocenters. The molecule has 0 N–H and O–H groups in total. The topological polar surface area (TPSA) is 15.6 Å². The molecular formula is C11H12N2. The van der Waals surface area contributed by atoms with Gasteiger partial charge in [-0.05, 0) is 17.5 Å². The molecule has 2 heterocycles. The van der Waals surface area contributed by atoms with Crippen molar-refractivity contribution in [2.24, 2.45) is 4.99 Å². The Labute approximate surface area is 77.9 Å². The minimum absolute atomic E-state index is 0.634. The van der Waals surface area contributed by atoms with Crippen molar-refractivity contribution in [2.75, 3.05) is 6.54 Å². The Morgan fingerprint density at radius 3 is 3.00 bits per heavy atom. The van der Waals surface area contributed by atoms with Gasteiger partial charge >= 0.3 is 0 Å². The predicted molar refractivity (Wildman–Crippen MR) is 52.8 cm³/mol. The van der Waals surface area contributed by atoms with Gasteiger partial charge in [-0.3, -0.25) is 4.99 Å². The Balaban J connectivity index is 2.00. The van der Waals surface area contributed by atoms with Gasteiger partial charge in [0.2, 0.25) is 0 Å². The Morgan fingerprint density at radius 2 is 2.08 bits per heavy atom. The van der Waals surface area contributed by atoms with Crippen LogP contribution in [0, 0.1) is 0 Å². The van der Waals surface area contributed by atoms with Gasteiger partial charge in [-0.15, -0.1) is 0 Å². The van der Waals surface area contributed by atoms with Crippen molar-refractivity contribution >= 4 is 6.34 Å². The molecule has 0 aromatic heterocycles. The maximum absolute atomic E-state index is 4.31. The second-order valence-corrected chi connectivity index (χ2v) is 3.78. The van der Waals surface area contributed by atoms with E-state index in [-0.39, 0.29) is 0 Å². The second kappa shape index (κ2) is 2.59. The molecule has 2 aliphatic rings. The third kappa shape index (κ3) is 1.05. The lowest BCUT2D eigenvalue weighted by atomic mass is 9.95. The van der Waals surface area contributed by atoms with Crippen molar-refractivity contribution in [1.29, 1.82) is 0 Å². The summed E-state index contributed by atoms with van der Waals surface area (Å²) >= 11 is 0. The molecule has 2 nitrogen and oxygen atoms in total. The van der Waals surface area contributed by atoms with E-state index in [1.165, 1.54) is 11.1 Å². The molecule has 0 radical (unpaired) electrons. The van der Waals surface area contributed by atoms with Crippen LogP contribution in [0.4, 0.5) is 0 Å². The third-order valence-electron chi connectivity index (χ3n) is 2.94. The number of nitrogens with zero attached hydrogens (tertiary/aromatic N) is 2. The van der Waals surface area contributed by atoms with Crippen LogP contribution in [-0.2, 0) is 13.0 Å². The SMILES string of the molecule is C1=NCC2Cc3ccccc3CN12. The fourth-order valence-corrected chi connectivity index (χ4v) is 2.19. The summed E-state index contributed by atoms with van der Waals surface area (Å²) in [6.07, 6.45) is 3.16. The van der Waals surface area contributed by atoms with Gasteiger partial charge in [-0.2, -0.15) is 0 Å². The smallest absolute Gasteiger partial charge is 0.0857 e. The van der Waals surface area contributed by atoms with Gasteiger partial charge in [0.1, 0.15) is 0 Å². The fourth-order valence-electron chi connectivity index (χ4n) is 2.19. The first-order valence-corrected chi connectivity index (χ1v) is 4.76. The van der Waals surface area contributed by atoms with Crippen molar-refractivity contribution in [3.05, 3.63) is 35.4 Å². The standard InChI is InChI=1S/C11H12N2/c1-2-4-10-7-13-8-12-6-11(13)5-9(10)3-1/h1-4,8,11H,5-7H2. The van der Waals surface area contributed by atoms with Crippen molar-refractivity contribution < 1.29 is 0 Å². The van der Waals surface area contributed by atoms with Gasteiger partial charge < -0.3 is 4.90 Å². The lowest BCUT2D eigenvalue weighted by Crippen LogP contribution is -2.37. The molecule has 66 valence electrons. The zero-order valence-electron chi connectivity index (χ0n) is 7.48. The molecule has 0 aliphatic carbocycles. The van der Waals surface area contributed by atoms with Crippen LogP contribution in [-0.4, -0.2) is 23.8 Å². The van der Waals surface area contributed by atoms with Crippen molar-refractivity contribution in [2.45, 2.75) is 19.0 Å². The summed E-state index contributed by atoms with van der Waals surface area (Å²) in [5.41, 5.74) is 2.97. The number of fused-ring (bicyclic) bond motifs is 2. The largest absolute Gasteiger partial charge is 0.353 e. The summed E-state index contributed by atoms with van der Waals surface area (Å²) in [4.78, 5) is 6.66.